The van der Waals surface area contributed by atoms with Crippen molar-refractivity contribution in [1.82, 2.24) is 0 Å². The van der Waals surface area contributed by atoms with Crippen LogP contribution in [0.4, 0.5) is 0 Å². The van der Waals surface area contributed by atoms with Crippen LogP contribution in [0, 0.1) is 5.41 Å². The maximum absolute atomic E-state index is 10.8. The van der Waals surface area contributed by atoms with Gasteiger partial charge in [-0.3, -0.25) is 4.79 Å². The molecule has 1 aliphatic heterocycles. The number of hydrogen-bond donors (Lipinski definition) is 1. The first-order chi connectivity index (χ1) is 9.19. The van der Waals surface area contributed by atoms with E-state index in [2.05, 4.69) is 24.3 Å². The van der Waals surface area contributed by atoms with Crippen molar-refractivity contribution in [3.63, 3.8) is 0 Å². The molecule has 1 aromatic carbocycles. The molecule has 2 aliphatic rings. The second-order valence-corrected chi connectivity index (χ2v) is 7.72. The number of aliphatic carboxylic acids is 1. The quantitative estimate of drug-likeness (QED) is 0.864. The summed E-state index contributed by atoms with van der Waals surface area (Å²) < 4.78 is 0. The van der Waals surface area contributed by atoms with Gasteiger partial charge in [-0.15, -0.1) is 11.8 Å². The second-order valence-electron chi connectivity index (χ2n) is 5.63. The fourth-order valence-electron chi connectivity index (χ4n) is 2.65. The number of carboxylic acid groups (broad SMARTS) is 1. The Labute approximate surface area is 122 Å². The molecule has 0 radical (unpaired) electrons. The maximum atomic E-state index is 10.8. The lowest BCUT2D eigenvalue weighted by atomic mass is 10.0. The van der Waals surface area contributed by atoms with Gasteiger partial charge in [-0.2, -0.15) is 11.8 Å². The Balaban J connectivity index is 1.50. The summed E-state index contributed by atoms with van der Waals surface area (Å²) in [6.45, 7) is 0. The average Bonchev–Trinajstić information content (AvgIpc) is 3.00. The molecule has 19 heavy (non-hydrogen) atoms. The van der Waals surface area contributed by atoms with Crippen LogP contribution >= 0.6 is 23.5 Å². The van der Waals surface area contributed by atoms with Gasteiger partial charge >= 0.3 is 5.97 Å². The molecule has 102 valence electrons. The summed E-state index contributed by atoms with van der Waals surface area (Å²) in [4.78, 5) is 12.3. The molecule has 0 aromatic heterocycles. The van der Waals surface area contributed by atoms with Gasteiger partial charge in [0, 0.05) is 22.3 Å². The Morgan fingerprint density at radius 2 is 2.21 bits per heavy atom. The van der Waals surface area contributed by atoms with Gasteiger partial charge in [0.25, 0.3) is 0 Å². The molecule has 1 heterocycles. The summed E-state index contributed by atoms with van der Waals surface area (Å²) >= 11 is 3.90. The van der Waals surface area contributed by atoms with Gasteiger partial charge in [0.2, 0.25) is 0 Å². The molecule has 4 heteroatoms. The minimum absolute atomic E-state index is 0.127. The summed E-state index contributed by atoms with van der Waals surface area (Å²) in [6, 6.07) is 8.67. The Hall–Kier alpha value is -0.610. The lowest BCUT2D eigenvalue weighted by Crippen LogP contribution is -2.12. The van der Waals surface area contributed by atoms with Crippen LogP contribution in [0.5, 0.6) is 0 Å². The molecule has 1 atom stereocenters. The van der Waals surface area contributed by atoms with E-state index in [1.165, 1.54) is 16.2 Å². The number of carbonyl (C=O) groups is 1. The molecule has 0 bridgehead atoms. The van der Waals surface area contributed by atoms with Gasteiger partial charge < -0.3 is 5.11 Å². The summed E-state index contributed by atoms with van der Waals surface area (Å²) in [6.07, 6.45) is 2.56. The van der Waals surface area contributed by atoms with Crippen molar-refractivity contribution in [2.24, 2.45) is 5.41 Å². The smallest absolute Gasteiger partial charge is 0.303 e. The third kappa shape index (κ3) is 3.11. The lowest BCUT2D eigenvalue weighted by molar-refractivity contribution is -0.138. The fraction of sp³-hybridized carbons (Fsp3) is 0.533. The zero-order valence-electron chi connectivity index (χ0n) is 10.8. The molecule has 1 aromatic rings. The van der Waals surface area contributed by atoms with Gasteiger partial charge in [-0.25, -0.2) is 0 Å². The van der Waals surface area contributed by atoms with Crippen LogP contribution in [-0.2, 0) is 4.79 Å². The van der Waals surface area contributed by atoms with Gasteiger partial charge in [-0.05, 0) is 35.6 Å². The highest BCUT2D eigenvalue weighted by atomic mass is 32.2. The van der Waals surface area contributed by atoms with E-state index < -0.39 is 5.97 Å². The fourth-order valence-corrected chi connectivity index (χ4v) is 5.58. The van der Waals surface area contributed by atoms with Crippen LogP contribution in [-0.4, -0.2) is 28.3 Å². The molecule has 1 N–H and O–H groups in total. The van der Waals surface area contributed by atoms with Crippen molar-refractivity contribution < 1.29 is 9.90 Å². The molecule has 3 rings (SSSR count). The highest BCUT2D eigenvalue weighted by molar-refractivity contribution is 8.00. The second kappa shape index (κ2) is 5.41. The molecule has 1 saturated carbocycles. The summed E-state index contributed by atoms with van der Waals surface area (Å²) in [7, 11) is 0. The Morgan fingerprint density at radius 1 is 1.42 bits per heavy atom. The summed E-state index contributed by atoms with van der Waals surface area (Å²) in [5.74, 6) is 3.33. The van der Waals surface area contributed by atoms with Gasteiger partial charge in [0.1, 0.15) is 0 Å². The van der Waals surface area contributed by atoms with E-state index in [4.69, 9.17) is 5.11 Å². The van der Waals surface area contributed by atoms with E-state index in [-0.39, 0.29) is 5.41 Å². The molecular formula is C15H18O2S2. The Morgan fingerprint density at radius 3 is 2.95 bits per heavy atom. The van der Waals surface area contributed by atoms with E-state index in [1.807, 2.05) is 23.5 Å². The molecule has 1 fully saturated rings. The predicted octanol–water partition coefficient (Wildman–Crippen LogP) is 3.86. The van der Waals surface area contributed by atoms with Crippen LogP contribution in [0.15, 0.2) is 29.2 Å². The number of fused-ring (bicyclic) bond motifs is 1. The third-order valence-corrected chi connectivity index (χ3v) is 6.72. The van der Waals surface area contributed by atoms with Crippen molar-refractivity contribution >= 4 is 29.5 Å². The van der Waals surface area contributed by atoms with Gasteiger partial charge in [0.15, 0.2) is 0 Å². The van der Waals surface area contributed by atoms with Crippen LogP contribution in [0.2, 0.25) is 0 Å². The molecular weight excluding hydrogens is 276 g/mol. The van der Waals surface area contributed by atoms with Crippen LogP contribution in [0.25, 0.3) is 0 Å². The monoisotopic (exact) mass is 294 g/mol. The Kier molecular flexibility index (Phi) is 3.81. The SMILES string of the molecule is O=C(O)CC1(CSCC2CSc3ccccc32)CC1. The normalized spacial score (nSPS) is 23.1. The lowest BCUT2D eigenvalue weighted by Gasteiger charge is -2.14. The third-order valence-electron chi connectivity index (χ3n) is 4.01. The average molecular weight is 294 g/mol. The van der Waals surface area contributed by atoms with E-state index in [0.717, 1.165) is 24.3 Å². The molecule has 0 saturated heterocycles. The topological polar surface area (TPSA) is 37.3 Å². The van der Waals surface area contributed by atoms with Crippen molar-refractivity contribution in [1.29, 1.82) is 0 Å². The molecule has 0 amide bonds. The number of thioether (sulfide) groups is 2. The van der Waals surface area contributed by atoms with E-state index in [9.17, 15) is 4.79 Å². The van der Waals surface area contributed by atoms with E-state index in [1.54, 1.807) is 0 Å². The van der Waals surface area contributed by atoms with Crippen molar-refractivity contribution in [2.75, 3.05) is 17.3 Å². The molecule has 0 spiro atoms. The molecule has 1 aliphatic carbocycles. The number of hydrogen-bond acceptors (Lipinski definition) is 3. The maximum Gasteiger partial charge on any atom is 0.303 e. The van der Waals surface area contributed by atoms with Crippen LogP contribution in [0.3, 0.4) is 0 Å². The standard InChI is InChI=1S/C15H18O2S2/c16-14(17)7-15(5-6-15)10-18-8-11-9-19-13-4-2-1-3-12(11)13/h1-4,11H,5-10H2,(H,16,17). The highest BCUT2D eigenvalue weighted by Gasteiger charge is 2.44. The van der Waals surface area contributed by atoms with E-state index >= 15 is 0 Å². The van der Waals surface area contributed by atoms with Gasteiger partial charge in [-0.1, -0.05) is 18.2 Å². The number of rotatable bonds is 6. The van der Waals surface area contributed by atoms with Crippen LogP contribution < -0.4 is 0 Å². The number of carboxylic acids is 1. The first-order valence-electron chi connectivity index (χ1n) is 6.70. The van der Waals surface area contributed by atoms with Gasteiger partial charge in [0.05, 0.1) is 6.42 Å². The summed E-state index contributed by atoms with van der Waals surface area (Å²) in [5, 5.41) is 8.92. The Bertz CT molecular complexity index is 483. The minimum Gasteiger partial charge on any atom is -0.481 e. The van der Waals surface area contributed by atoms with Crippen molar-refractivity contribution in [2.45, 2.75) is 30.1 Å². The van der Waals surface area contributed by atoms with Crippen molar-refractivity contribution in [3.8, 4) is 0 Å². The molecule has 1 unspecified atom stereocenters. The minimum atomic E-state index is -0.639. The van der Waals surface area contributed by atoms with Crippen LogP contribution in [0.1, 0.15) is 30.7 Å². The summed E-state index contributed by atoms with van der Waals surface area (Å²) in [5.41, 5.74) is 1.62. The zero-order valence-corrected chi connectivity index (χ0v) is 12.4. The predicted molar refractivity (Wildman–Crippen MR) is 81.2 cm³/mol. The largest absolute Gasteiger partial charge is 0.481 e. The molecule has 2 nitrogen and oxygen atoms in total. The van der Waals surface area contributed by atoms with E-state index in [0.29, 0.717) is 12.3 Å². The number of benzene rings is 1. The first-order valence-corrected chi connectivity index (χ1v) is 8.84. The highest BCUT2D eigenvalue weighted by Crippen LogP contribution is 2.51. The van der Waals surface area contributed by atoms with Crippen molar-refractivity contribution in [3.05, 3.63) is 29.8 Å². The first kappa shape index (κ1) is 13.4. The zero-order chi connectivity index (χ0) is 13.3.